The molecule has 1 aromatic carbocycles. The number of rotatable bonds is 3. The third-order valence-electron chi connectivity index (χ3n) is 3.40. The van der Waals surface area contributed by atoms with Crippen molar-refractivity contribution < 1.29 is 22.7 Å². The number of imidazole rings is 1. The molecule has 2 N–H and O–H groups in total. The first-order valence-electron chi connectivity index (χ1n) is 6.72. The summed E-state index contributed by atoms with van der Waals surface area (Å²) in [5.41, 5.74) is -0.722. The first-order chi connectivity index (χ1) is 10.8. The summed E-state index contributed by atoms with van der Waals surface area (Å²) in [7, 11) is 1.78. The molecule has 23 heavy (non-hydrogen) atoms. The van der Waals surface area contributed by atoms with Gasteiger partial charge in [-0.05, 0) is 12.1 Å². The molecule has 1 aromatic heterocycles. The number of alkyl halides is 3. The maximum Gasteiger partial charge on any atom is 0.416 e. The van der Waals surface area contributed by atoms with Crippen LogP contribution in [0.3, 0.4) is 0 Å². The third kappa shape index (κ3) is 3.08. The number of nitrogens with one attached hydrogen (secondary N) is 2. The molecule has 9 heteroatoms. The number of aryl methyl sites for hydroxylation is 1. The van der Waals surface area contributed by atoms with Crippen LogP contribution < -0.4 is 15.4 Å². The molecule has 0 radical (unpaired) electrons. The lowest BCUT2D eigenvalue weighted by atomic mass is 10.1. The van der Waals surface area contributed by atoms with Gasteiger partial charge in [0.25, 0.3) is 5.91 Å². The molecule has 0 saturated carbocycles. The van der Waals surface area contributed by atoms with Crippen LogP contribution in [0.15, 0.2) is 24.5 Å². The minimum Gasteiger partial charge on any atom is -0.479 e. The van der Waals surface area contributed by atoms with Crippen LogP contribution in [0.25, 0.3) is 0 Å². The SMILES string of the molecule is Cn1ccnc1CNc1cc(C(F)(F)F)cc2c1OCC(=O)N2. The first-order valence-corrected chi connectivity index (χ1v) is 6.72. The van der Waals surface area contributed by atoms with E-state index in [4.69, 9.17) is 4.74 Å². The molecule has 0 unspecified atom stereocenters. The molecule has 0 saturated heterocycles. The third-order valence-corrected chi connectivity index (χ3v) is 3.40. The molecule has 2 heterocycles. The van der Waals surface area contributed by atoms with Gasteiger partial charge in [0.2, 0.25) is 0 Å². The van der Waals surface area contributed by atoms with E-state index in [1.165, 1.54) is 0 Å². The fourth-order valence-corrected chi connectivity index (χ4v) is 2.24. The highest BCUT2D eigenvalue weighted by Gasteiger charge is 2.33. The smallest absolute Gasteiger partial charge is 0.416 e. The normalized spacial score (nSPS) is 14.0. The highest BCUT2D eigenvalue weighted by molar-refractivity contribution is 5.97. The number of nitrogens with zero attached hydrogens (tertiary/aromatic N) is 2. The predicted molar refractivity (Wildman–Crippen MR) is 76.1 cm³/mol. The van der Waals surface area contributed by atoms with Crippen molar-refractivity contribution in [2.45, 2.75) is 12.7 Å². The van der Waals surface area contributed by atoms with Crippen LogP contribution in [0.5, 0.6) is 5.75 Å². The summed E-state index contributed by atoms with van der Waals surface area (Å²) in [4.78, 5) is 15.4. The van der Waals surface area contributed by atoms with E-state index in [0.717, 1.165) is 12.1 Å². The van der Waals surface area contributed by atoms with Crippen molar-refractivity contribution in [2.24, 2.45) is 7.05 Å². The van der Waals surface area contributed by atoms with Gasteiger partial charge in [0.1, 0.15) is 5.82 Å². The molecule has 1 aliphatic heterocycles. The van der Waals surface area contributed by atoms with E-state index in [2.05, 4.69) is 15.6 Å². The second-order valence-electron chi connectivity index (χ2n) is 5.04. The molecule has 122 valence electrons. The van der Waals surface area contributed by atoms with E-state index in [9.17, 15) is 18.0 Å². The summed E-state index contributed by atoms with van der Waals surface area (Å²) < 4.78 is 46.1. The van der Waals surface area contributed by atoms with Gasteiger partial charge in [-0.1, -0.05) is 0 Å². The summed E-state index contributed by atoms with van der Waals surface area (Å²) in [6.07, 6.45) is -1.21. The van der Waals surface area contributed by atoms with E-state index in [0.29, 0.717) is 5.82 Å². The molecule has 2 aromatic rings. The molecule has 6 nitrogen and oxygen atoms in total. The van der Waals surface area contributed by atoms with Crippen molar-refractivity contribution in [1.29, 1.82) is 0 Å². The Bertz CT molecular complexity index is 755. The van der Waals surface area contributed by atoms with Crippen LogP contribution in [-0.4, -0.2) is 22.1 Å². The molecule has 1 aliphatic rings. The van der Waals surface area contributed by atoms with E-state index < -0.39 is 17.6 Å². The summed E-state index contributed by atoms with van der Waals surface area (Å²) in [6, 6.07) is 1.82. The second-order valence-corrected chi connectivity index (χ2v) is 5.04. The van der Waals surface area contributed by atoms with Crippen LogP contribution in [0, 0.1) is 0 Å². The average Bonchev–Trinajstić information content (AvgIpc) is 2.88. The van der Waals surface area contributed by atoms with Crippen LogP contribution in [0.1, 0.15) is 11.4 Å². The fourth-order valence-electron chi connectivity index (χ4n) is 2.24. The zero-order chi connectivity index (χ0) is 16.6. The number of halogens is 3. The number of aromatic nitrogens is 2. The van der Waals surface area contributed by atoms with Gasteiger partial charge in [0, 0.05) is 19.4 Å². The highest BCUT2D eigenvalue weighted by atomic mass is 19.4. The Labute approximate surface area is 129 Å². The zero-order valence-electron chi connectivity index (χ0n) is 12.1. The zero-order valence-corrected chi connectivity index (χ0v) is 12.1. The standard InChI is InChI=1S/C14H13F3N4O2/c1-21-3-2-18-11(21)6-19-9-4-8(14(15,16)17)5-10-13(9)23-7-12(22)20-10/h2-5,19H,6-7H2,1H3,(H,20,22). The van der Waals surface area contributed by atoms with Crippen LogP contribution in [0.2, 0.25) is 0 Å². The molecule has 3 rings (SSSR count). The van der Waals surface area contributed by atoms with Gasteiger partial charge in [-0.15, -0.1) is 0 Å². The number of benzene rings is 1. The van der Waals surface area contributed by atoms with Gasteiger partial charge in [-0.2, -0.15) is 13.2 Å². The Morgan fingerprint density at radius 1 is 1.43 bits per heavy atom. The quantitative estimate of drug-likeness (QED) is 0.909. The summed E-state index contributed by atoms with van der Waals surface area (Å²) in [6.45, 7) is -0.0238. The van der Waals surface area contributed by atoms with Crippen LogP contribution in [-0.2, 0) is 24.6 Å². The van der Waals surface area contributed by atoms with Crippen molar-refractivity contribution in [2.75, 3.05) is 17.2 Å². The van der Waals surface area contributed by atoms with Crippen molar-refractivity contribution in [3.05, 3.63) is 35.9 Å². The largest absolute Gasteiger partial charge is 0.479 e. The van der Waals surface area contributed by atoms with Crippen molar-refractivity contribution in [3.8, 4) is 5.75 Å². The van der Waals surface area contributed by atoms with E-state index in [1.807, 2.05) is 0 Å². The van der Waals surface area contributed by atoms with Crippen molar-refractivity contribution >= 4 is 17.3 Å². The van der Waals surface area contributed by atoms with Crippen LogP contribution >= 0.6 is 0 Å². The lowest BCUT2D eigenvalue weighted by Crippen LogP contribution is -2.26. The predicted octanol–water partition coefficient (Wildman–Crippen LogP) is 2.38. The Hall–Kier alpha value is -2.71. The minimum atomic E-state index is -4.53. The Kier molecular flexibility index (Phi) is 3.63. The van der Waals surface area contributed by atoms with Gasteiger partial charge in [0.05, 0.1) is 23.5 Å². The topological polar surface area (TPSA) is 68.2 Å². The van der Waals surface area contributed by atoms with Gasteiger partial charge in [-0.25, -0.2) is 4.98 Å². The average molecular weight is 326 g/mol. The van der Waals surface area contributed by atoms with Crippen LogP contribution in [0.4, 0.5) is 24.5 Å². The van der Waals surface area contributed by atoms with Crippen molar-refractivity contribution in [3.63, 3.8) is 0 Å². The van der Waals surface area contributed by atoms with Gasteiger partial charge in [-0.3, -0.25) is 4.79 Å². The number of anilines is 2. The Morgan fingerprint density at radius 2 is 2.22 bits per heavy atom. The maximum absolute atomic E-state index is 13.0. The molecule has 0 bridgehead atoms. The number of hydrogen-bond donors (Lipinski definition) is 2. The summed E-state index contributed by atoms with van der Waals surface area (Å²) in [5.74, 6) is 0.342. The molecule has 0 fully saturated rings. The van der Waals surface area contributed by atoms with Crippen molar-refractivity contribution in [1.82, 2.24) is 9.55 Å². The number of carbonyl (C=O) groups excluding carboxylic acids is 1. The van der Waals surface area contributed by atoms with Gasteiger partial charge < -0.3 is 19.9 Å². The van der Waals surface area contributed by atoms with E-state index >= 15 is 0 Å². The molecule has 1 amide bonds. The molecular formula is C14H13F3N4O2. The highest BCUT2D eigenvalue weighted by Crippen LogP contribution is 2.42. The molecule has 0 atom stereocenters. The number of fused-ring (bicyclic) bond motifs is 1. The summed E-state index contributed by atoms with van der Waals surface area (Å²) >= 11 is 0. The fraction of sp³-hybridized carbons (Fsp3) is 0.286. The summed E-state index contributed by atoms with van der Waals surface area (Å²) in [5, 5.41) is 5.28. The van der Waals surface area contributed by atoms with Gasteiger partial charge in [0.15, 0.2) is 12.4 Å². The Balaban J connectivity index is 1.95. The number of ether oxygens (including phenoxy) is 1. The number of carbonyl (C=O) groups is 1. The number of amides is 1. The lowest BCUT2D eigenvalue weighted by molar-refractivity contribution is -0.137. The minimum absolute atomic E-state index is 0.00147. The molecule has 0 spiro atoms. The second kappa shape index (κ2) is 5.49. The monoisotopic (exact) mass is 326 g/mol. The molecular weight excluding hydrogens is 313 g/mol. The lowest BCUT2D eigenvalue weighted by Gasteiger charge is -2.23. The first kappa shape index (κ1) is 15.2. The maximum atomic E-state index is 13.0. The van der Waals surface area contributed by atoms with E-state index in [-0.39, 0.29) is 30.3 Å². The van der Waals surface area contributed by atoms with E-state index in [1.54, 1.807) is 24.0 Å². The number of hydrogen-bond acceptors (Lipinski definition) is 4. The molecule has 0 aliphatic carbocycles. The van der Waals surface area contributed by atoms with Gasteiger partial charge >= 0.3 is 6.18 Å². The Morgan fingerprint density at radius 3 is 2.87 bits per heavy atom.